The zero-order valence-corrected chi connectivity index (χ0v) is 8.43. The van der Waals surface area contributed by atoms with Gasteiger partial charge in [0.2, 0.25) is 6.41 Å². The van der Waals surface area contributed by atoms with Crippen LogP contribution in [0.15, 0.2) is 0 Å². The molecule has 1 unspecified atom stereocenters. The second-order valence-corrected chi connectivity index (χ2v) is 3.67. The minimum atomic E-state index is -0.331. The molecule has 1 atom stereocenters. The molecule has 0 radical (unpaired) electrons. The second-order valence-electron chi connectivity index (χ2n) is 3.67. The van der Waals surface area contributed by atoms with E-state index in [1.54, 1.807) is 4.90 Å². The number of hydrogen-bond donors (Lipinski definition) is 2. The lowest BCUT2D eigenvalue weighted by atomic mass is 10.2. The van der Waals surface area contributed by atoms with Crippen molar-refractivity contribution in [2.45, 2.75) is 12.5 Å². The van der Waals surface area contributed by atoms with Crippen molar-refractivity contribution in [3.8, 4) is 0 Å². The molecular formula is C9H19N3O2. The van der Waals surface area contributed by atoms with Crippen molar-refractivity contribution >= 4 is 6.41 Å². The molecule has 1 rings (SSSR count). The molecule has 0 aliphatic carbocycles. The molecule has 0 saturated carbocycles. The third kappa shape index (κ3) is 3.61. The van der Waals surface area contributed by atoms with Crippen LogP contribution in [0.4, 0.5) is 0 Å². The van der Waals surface area contributed by atoms with Gasteiger partial charge >= 0.3 is 0 Å². The zero-order chi connectivity index (χ0) is 10.4. The van der Waals surface area contributed by atoms with Gasteiger partial charge in [0.25, 0.3) is 0 Å². The lowest BCUT2D eigenvalue weighted by Crippen LogP contribution is -2.48. The van der Waals surface area contributed by atoms with Crippen LogP contribution in [0.3, 0.4) is 0 Å². The van der Waals surface area contributed by atoms with Gasteiger partial charge in [-0.25, -0.2) is 0 Å². The lowest BCUT2D eigenvalue weighted by Gasteiger charge is -2.33. The molecule has 1 amide bonds. The molecule has 82 valence electrons. The van der Waals surface area contributed by atoms with Gasteiger partial charge in [0.15, 0.2) is 0 Å². The molecule has 0 aromatic heterocycles. The molecule has 1 aliphatic heterocycles. The van der Waals surface area contributed by atoms with E-state index in [0.717, 1.165) is 32.6 Å². The van der Waals surface area contributed by atoms with E-state index in [1.807, 2.05) is 0 Å². The van der Waals surface area contributed by atoms with E-state index < -0.39 is 0 Å². The largest absolute Gasteiger partial charge is 0.392 e. The highest BCUT2D eigenvalue weighted by molar-refractivity contribution is 5.47. The van der Waals surface area contributed by atoms with Crippen LogP contribution in [-0.2, 0) is 4.79 Å². The maximum atomic E-state index is 10.4. The number of amides is 1. The summed E-state index contributed by atoms with van der Waals surface area (Å²) in [5.74, 6) is 0. The summed E-state index contributed by atoms with van der Waals surface area (Å²) in [6.07, 6.45) is 1.20. The normalized spacial score (nSPS) is 20.9. The molecule has 0 bridgehead atoms. The van der Waals surface area contributed by atoms with Crippen LogP contribution in [-0.4, -0.2) is 66.7 Å². The molecule has 0 aromatic rings. The van der Waals surface area contributed by atoms with Crippen molar-refractivity contribution in [1.82, 2.24) is 9.80 Å². The second kappa shape index (κ2) is 5.95. The van der Waals surface area contributed by atoms with E-state index in [9.17, 15) is 9.90 Å². The summed E-state index contributed by atoms with van der Waals surface area (Å²) in [5.41, 5.74) is 5.35. The fourth-order valence-corrected chi connectivity index (χ4v) is 1.63. The van der Waals surface area contributed by atoms with Gasteiger partial charge in [0.1, 0.15) is 0 Å². The quantitative estimate of drug-likeness (QED) is 0.529. The number of hydrogen-bond acceptors (Lipinski definition) is 4. The first kappa shape index (κ1) is 11.4. The van der Waals surface area contributed by atoms with Crippen LogP contribution in [0.25, 0.3) is 0 Å². The van der Waals surface area contributed by atoms with Gasteiger partial charge < -0.3 is 15.7 Å². The summed E-state index contributed by atoms with van der Waals surface area (Å²) in [7, 11) is 0. The number of carbonyl (C=O) groups is 1. The molecule has 1 heterocycles. The van der Waals surface area contributed by atoms with Crippen molar-refractivity contribution in [3.63, 3.8) is 0 Å². The third-order valence-electron chi connectivity index (χ3n) is 2.52. The van der Waals surface area contributed by atoms with Crippen molar-refractivity contribution < 1.29 is 9.90 Å². The fraction of sp³-hybridized carbons (Fsp3) is 0.889. The number of nitrogens with zero attached hydrogens (tertiary/aromatic N) is 2. The van der Waals surface area contributed by atoms with Gasteiger partial charge in [-0.3, -0.25) is 9.69 Å². The molecule has 1 saturated heterocycles. The summed E-state index contributed by atoms with van der Waals surface area (Å²) >= 11 is 0. The minimum absolute atomic E-state index is 0.331. The van der Waals surface area contributed by atoms with Crippen LogP contribution in [0, 0.1) is 0 Å². The Balaban J connectivity index is 2.18. The number of rotatable bonds is 5. The smallest absolute Gasteiger partial charge is 0.209 e. The molecule has 5 heteroatoms. The summed E-state index contributed by atoms with van der Waals surface area (Å²) in [4.78, 5) is 14.4. The maximum absolute atomic E-state index is 10.4. The van der Waals surface area contributed by atoms with Crippen molar-refractivity contribution in [2.75, 3.05) is 39.3 Å². The molecular weight excluding hydrogens is 182 g/mol. The van der Waals surface area contributed by atoms with Crippen LogP contribution in [0.5, 0.6) is 0 Å². The Hall–Kier alpha value is -0.650. The number of piperazine rings is 1. The van der Waals surface area contributed by atoms with Gasteiger partial charge in [0.05, 0.1) is 6.10 Å². The average molecular weight is 201 g/mol. The van der Waals surface area contributed by atoms with Gasteiger partial charge in [-0.2, -0.15) is 0 Å². The topological polar surface area (TPSA) is 69.8 Å². The summed E-state index contributed by atoms with van der Waals surface area (Å²) in [6.45, 7) is 4.41. The Morgan fingerprint density at radius 3 is 2.50 bits per heavy atom. The van der Waals surface area contributed by atoms with Crippen molar-refractivity contribution in [1.29, 1.82) is 0 Å². The first-order valence-corrected chi connectivity index (χ1v) is 5.06. The van der Waals surface area contributed by atoms with Crippen LogP contribution in [0.1, 0.15) is 6.42 Å². The van der Waals surface area contributed by atoms with E-state index in [-0.39, 0.29) is 6.10 Å². The highest BCUT2D eigenvalue weighted by Crippen LogP contribution is 2.02. The van der Waals surface area contributed by atoms with Gasteiger partial charge in [-0.05, 0) is 13.0 Å². The van der Waals surface area contributed by atoms with E-state index in [0.29, 0.717) is 19.5 Å². The molecule has 0 spiro atoms. The summed E-state index contributed by atoms with van der Waals surface area (Å²) in [5, 5.41) is 9.52. The molecule has 1 fully saturated rings. The van der Waals surface area contributed by atoms with Gasteiger partial charge in [-0.1, -0.05) is 0 Å². The number of β-amino-alcohol motifs (C(OH)–C–C–N with tert-alkyl or cyclic N) is 1. The molecule has 14 heavy (non-hydrogen) atoms. The fourth-order valence-electron chi connectivity index (χ4n) is 1.63. The lowest BCUT2D eigenvalue weighted by molar-refractivity contribution is -0.119. The van der Waals surface area contributed by atoms with Crippen LogP contribution < -0.4 is 5.73 Å². The molecule has 3 N–H and O–H groups in total. The van der Waals surface area contributed by atoms with E-state index in [4.69, 9.17) is 5.73 Å². The first-order valence-electron chi connectivity index (χ1n) is 5.06. The molecule has 5 nitrogen and oxygen atoms in total. The Bertz CT molecular complexity index is 169. The SMILES string of the molecule is NCCC(O)CN1CCN(C=O)CC1. The Labute approximate surface area is 84.5 Å². The number of nitrogens with two attached hydrogens (primary N) is 1. The molecule has 1 aliphatic rings. The Morgan fingerprint density at radius 2 is 2.00 bits per heavy atom. The Morgan fingerprint density at radius 1 is 1.36 bits per heavy atom. The number of aliphatic hydroxyl groups is 1. The average Bonchev–Trinajstić information content (AvgIpc) is 2.19. The highest BCUT2D eigenvalue weighted by Gasteiger charge is 2.17. The number of carbonyl (C=O) groups excluding carboxylic acids is 1. The van der Waals surface area contributed by atoms with Gasteiger partial charge in [-0.15, -0.1) is 0 Å². The van der Waals surface area contributed by atoms with E-state index in [1.165, 1.54) is 0 Å². The van der Waals surface area contributed by atoms with E-state index >= 15 is 0 Å². The van der Waals surface area contributed by atoms with Crippen LogP contribution in [0.2, 0.25) is 0 Å². The van der Waals surface area contributed by atoms with Crippen molar-refractivity contribution in [3.05, 3.63) is 0 Å². The number of aliphatic hydroxyl groups excluding tert-OH is 1. The zero-order valence-electron chi connectivity index (χ0n) is 8.43. The monoisotopic (exact) mass is 201 g/mol. The summed E-state index contributed by atoms with van der Waals surface area (Å²) < 4.78 is 0. The van der Waals surface area contributed by atoms with Crippen molar-refractivity contribution in [2.24, 2.45) is 5.73 Å². The third-order valence-corrected chi connectivity index (χ3v) is 2.52. The van der Waals surface area contributed by atoms with Gasteiger partial charge in [0, 0.05) is 32.7 Å². The molecule has 0 aromatic carbocycles. The maximum Gasteiger partial charge on any atom is 0.209 e. The standard InChI is InChI=1S/C9H19N3O2/c10-2-1-9(14)7-11-3-5-12(8-13)6-4-11/h8-9,14H,1-7,10H2. The van der Waals surface area contributed by atoms with Crippen LogP contribution >= 0.6 is 0 Å². The first-order chi connectivity index (χ1) is 6.76. The van der Waals surface area contributed by atoms with E-state index in [2.05, 4.69) is 4.90 Å². The summed E-state index contributed by atoms with van der Waals surface area (Å²) in [6, 6.07) is 0. The highest BCUT2D eigenvalue weighted by atomic mass is 16.3. The minimum Gasteiger partial charge on any atom is -0.392 e. The Kier molecular flexibility index (Phi) is 4.86. The predicted octanol–water partition coefficient (Wildman–Crippen LogP) is -1.53. The predicted molar refractivity (Wildman–Crippen MR) is 53.8 cm³/mol.